The molecule has 0 atom stereocenters. The topological polar surface area (TPSA) is 44.5 Å². The van der Waals surface area contributed by atoms with Crippen LogP contribution in [0.2, 0.25) is 0 Å². The van der Waals surface area contributed by atoms with E-state index in [4.69, 9.17) is 15.2 Å². The van der Waals surface area contributed by atoms with Gasteiger partial charge in [0.15, 0.2) is 11.5 Å². The lowest BCUT2D eigenvalue weighted by atomic mass is 9.69. The highest BCUT2D eigenvalue weighted by molar-refractivity contribution is 5.47. The lowest BCUT2D eigenvalue weighted by Gasteiger charge is -2.37. The maximum atomic E-state index is 14.3. The standard InChI is InChI=1S/C15H22FNO2/c1-18-12-7-6-11(14(19-2)13(12)16)15(10-17)8-4-3-5-9-15/h6-7H,3-5,8-10,17H2,1-2H3. The minimum absolute atomic E-state index is 0.156. The fourth-order valence-electron chi connectivity index (χ4n) is 3.12. The first-order chi connectivity index (χ1) is 9.18. The van der Waals surface area contributed by atoms with Crippen molar-refractivity contribution in [3.05, 3.63) is 23.5 Å². The van der Waals surface area contributed by atoms with Crippen molar-refractivity contribution in [1.29, 1.82) is 0 Å². The van der Waals surface area contributed by atoms with Gasteiger partial charge in [-0.2, -0.15) is 4.39 Å². The molecule has 0 aromatic heterocycles. The average Bonchev–Trinajstić information content (AvgIpc) is 2.47. The maximum absolute atomic E-state index is 14.3. The Bertz CT molecular complexity index is 442. The summed E-state index contributed by atoms with van der Waals surface area (Å²) in [5.74, 6) is 0.0659. The van der Waals surface area contributed by atoms with Gasteiger partial charge < -0.3 is 15.2 Å². The predicted molar refractivity (Wildman–Crippen MR) is 73.3 cm³/mol. The smallest absolute Gasteiger partial charge is 0.207 e. The molecule has 1 aromatic rings. The zero-order valence-corrected chi connectivity index (χ0v) is 11.7. The molecular formula is C15H22FNO2. The summed E-state index contributed by atoms with van der Waals surface area (Å²) in [6, 6.07) is 3.57. The van der Waals surface area contributed by atoms with E-state index >= 15 is 0 Å². The molecule has 2 rings (SSSR count). The number of halogens is 1. The lowest BCUT2D eigenvalue weighted by Crippen LogP contribution is -2.37. The first kappa shape index (κ1) is 14.1. The van der Waals surface area contributed by atoms with Crippen LogP contribution >= 0.6 is 0 Å². The second kappa shape index (κ2) is 5.78. The van der Waals surface area contributed by atoms with E-state index in [1.54, 1.807) is 6.07 Å². The number of rotatable bonds is 4. The summed E-state index contributed by atoms with van der Waals surface area (Å²) in [5, 5.41) is 0. The summed E-state index contributed by atoms with van der Waals surface area (Å²) >= 11 is 0. The fraction of sp³-hybridized carbons (Fsp3) is 0.600. The van der Waals surface area contributed by atoms with Crippen molar-refractivity contribution >= 4 is 0 Å². The third kappa shape index (κ3) is 2.41. The molecule has 1 aliphatic carbocycles. The zero-order chi connectivity index (χ0) is 13.9. The van der Waals surface area contributed by atoms with Crippen molar-refractivity contribution in [3.63, 3.8) is 0 Å². The third-order valence-electron chi connectivity index (χ3n) is 4.26. The first-order valence-electron chi connectivity index (χ1n) is 6.79. The highest BCUT2D eigenvalue weighted by Gasteiger charge is 2.36. The van der Waals surface area contributed by atoms with Crippen molar-refractivity contribution < 1.29 is 13.9 Å². The molecular weight excluding hydrogens is 245 g/mol. The van der Waals surface area contributed by atoms with Crippen LogP contribution < -0.4 is 15.2 Å². The van der Waals surface area contributed by atoms with Crippen LogP contribution in [-0.4, -0.2) is 20.8 Å². The predicted octanol–water partition coefficient (Wildman–Crippen LogP) is 3.00. The van der Waals surface area contributed by atoms with Gasteiger partial charge in [0, 0.05) is 17.5 Å². The van der Waals surface area contributed by atoms with E-state index in [-0.39, 0.29) is 16.9 Å². The van der Waals surface area contributed by atoms with Crippen LogP contribution in [0.5, 0.6) is 11.5 Å². The van der Waals surface area contributed by atoms with E-state index in [1.165, 1.54) is 20.6 Å². The Morgan fingerprint density at radius 1 is 1.16 bits per heavy atom. The lowest BCUT2D eigenvalue weighted by molar-refractivity contribution is 0.279. The van der Waals surface area contributed by atoms with Gasteiger partial charge in [-0.05, 0) is 18.9 Å². The van der Waals surface area contributed by atoms with Gasteiger partial charge in [0.2, 0.25) is 5.82 Å². The zero-order valence-electron chi connectivity index (χ0n) is 11.7. The molecule has 0 unspecified atom stereocenters. The number of hydrogen-bond donors (Lipinski definition) is 1. The molecule has 1 aliphatic rings. The van der Waals surface area contributed by atoms with Crippen molar-refractivity contribution in [2.45, 2.75) is 37.5 Å². The molecule has 0 spiro atoms. The summed E-state index contributed by atoms with van der Waals surface area (Å²) in [4.78, 5) is 0. The third-order valence-corrected chi connectivity index (χ3v) is 4.26. The van der Waals surface area contributed by atoms with Crippen LogP contribution in [0.1, 0.15) is 37.7 Å². The normalized spacial score (nSPS) is 18.1. The summed E-state index contributed by atoms with van der Waals surface area (Å²) in [6.45, 7) is 0.523. The highest BCUT2D eigenvalue weighted by atomic mass is 19.1. The Balaban J connectivity index is 2.51. The van der Waals surface area contributed by atoms with Gasteiger partial charge in [0.05, 0.1) is 14.2 Å². The minimum Gasteiger partial charge on any atom is -0.494 e. The first-order valence-corrected chi connectivity index (χ1v) is 6.79. The number of methoxy groups -OCH3 is 2. The van der Waals surface area contributed by atoms with E-state index in [2.05, 4.69) is 0 Å². The molecule has 0 heterocycles. The number of nitrogens with two attached hydrogens (primary N) is 1. The van der Waals surface area contributed by atoms with Gasteiger partial charge >= 0.3 is 0 Å². The molecule has 0 amide bonds. The Hall–Kier alpha value is -1.29. The largest absolute Gasteiger partial charge is 0.494 e. The van der Waals surface area contributed by atoms with Crippen molar-refractivity contribution in [2.24, 2.45) is 5.73 Å². The van der Waals surface area contributed by atoms with E-state index in [0.29, 0.717) is 6.54 Å². The second-order valence-electron chi connectivity index (χ2n) is 5.21. The van der Waals surface area contributed by atoms with E-state index in [0.717, 1.165) is 31.2 Å². The van der Waals surface area contributed by atoms with E-state index < -0.39 is 5.82 Å². The van der Waals surface area contributed by atoms with E-state index in [9.17, 15) is 4.39 Å². The molecule has 3 nitrogen and oxygen atoms in total. The molecule has 1 saturated carbocycles. The van der Waals surface area contributed by atoms with Crippen LogP contribution in [0.4, 0.5) is 4.39 Å². The van der Waals surface area contributed by atoms with Crippen LogP contribution in [0.25, 0.3) is 0 Å². The quantitative estimate of drug-likeness (QED) is 0.912. The number of hydrogen-bond acceptors (Lipinski definition) is 3. The average molecular weight is 267 g/mol. The molecule has 106 valence electrons. The van der Waals surface area contributed by atoms with Crippen molar-refractivity contribution in [1.82, 2.24) is 0 Å². The van der Waals surface area contributed by atoms with Crippen molar-refractivity contribution in [2.75, 3.05) is 20.8 Å². The van der Waals surface area contributed by atoms with E-state index in [1.807, 2.05) is 6.07 Å². The van der Waals surface area contributed by atoms with Gasteiger partial charge in [0.1, 0.15) is 0 Å². The van der Waals surface area contributed by atoms with Gasteiger partial charge in [-0.1, -0.05) is 25.3 Å². The second-order valence-corrected chi connectivity index (χ2v) is 5.21. The van der Waals surface area contributed by atoms with Gasteiger partial charge in [-0.25, -0.2) is 0 Å². The summed E-state index contributed by atoms with van der Waals surface area (Å²) in [6.07, 6.45) is 5.47. The van der Waals surface area contributed by atoms with Crippen LogP contribution in [0.15, 0.2) is 12.1 Å². The van der Waals surface area contributed by atoms with Crippen LogP contribution in [0.3, 0.4) is 0 Å². The Labute approximate surface area is 113 Å². The molecule has 0 radical (unpaired) electrons. The monoisotopic (exact) mass is 267 g/mol. The van der Waals surface area contributed by atoms with Gasteiger partial charge in [-0.3, -0.25) is 0 Å². The Morgan fingerprint density at radius 2 is 1.84 bits per heavy atom. The minimum atomic E-state index is -0.430. The fourth-order valence-corrected chi connectivity index (χ4v) is 3.12. The molecule has 0 aliphatic heterocycles. The molecule has 19 heavy (non-hydrogen) atoms. The molecule has 4 heteroatoms. The Morgan fingerprint density at radius 3 is 2.37 bits per heavy atom. The molecule has 1 aromatic carbocycles. The molecule has 0 saturated heterocycles. The summed E-state index contributed by atoms with van der Waals surface area (Å²) in [5.41, 5.74) is 6.73. The van der Waals surface area contributed by atoms with Gasteiger partial charge in [-0.15, -0.1) is 0 Å². The van der Waals surface area contributed by atoms with Crippen molar-refractivity contribution in [3.8, 4) is 11.5 Å². The molecule has 2 N–H and O–H groups in total. The SMILES string of the molecule is COc1ccc(C2(CN)CCCCC2)c(OC)c1F. The van der Waals surface area contributed by atoms with Gasteiger partial charge in [0.25, 0.3) is 0 Å². The summed E-state index contributed by atoms with van der Waals surface area (Å²) < 4.78 is 24.6. The summed E-state index contributed by atoms with van der Waals surface area (Å²) in [7, 11) is 2.95. The van der Waals surface area contributed by atoms with Crippen LogP contribution in [0, 0.1) is 5.82 Å². The number of ether oxygens (including phenoxy) is 2. The molecule has 1 fully saturated rings. The highest BCUT2D eigenvalue weighted by Crippen LogP contribution is 2.45. The van der Waals surface area contributed by atoms with Crippen LogP contribution in [-0.2, 0) is 5.41 Å². The maximum Gasteiger partial charge on any atom is 0.207 e. The Kier molecular flexibility index (Phi) is 4.30. The number of benzene rings is 1. The molecule has 0 bridgehead atoms.